The van der Waals surface area contributed by atoms with Crippen LogP contribution >= 0.6 is 31.9 Å². The largest absolute Gasteiger partial charge is 0.481 e. The second-order valence-electron chi connectivity index (χ2n) is 5.49. The smallest absolute Gasteiger partial charge is 0.310 e. The standard InChI is InChI=1S/C13H15Br2NO4S/c1-8-5-10(15)11(6-9(8)14)21(19,20)16-4-3-13(2,7-16)12(17)18/h5-6H,3-4,7H2,1-2H3,(H,17,18). The van der Waals surface area contributed by atoms with Gasteiger partial charge in [0.2, 0.25) is 10.0 Å². The van der Waals surface area contributed by atoms with Crippen molar-refractivity contribution in [2.75, 3.05) is 13.1 Å². The fourth-order valence-corrected chi connectivity index (χ4v) is 5.47. The summed E-state index contributed by atoms with van der Waals surface area (Å²) in [6, 6.07) is 3.27. The summed E-state index contributed by atoms with van der Waals surface area (Å²) in [7, 11) is -3.72. The Morgan fingerprint density at radius 2 is 1.95 bits per heavy atom. The number of benzene rings is 1. The number of aryl methyl sites for hydroxylation is 1. The van der Waals surface area contributed by atoms with Gasteiger partial charge in [-0.2, -0.15) is 4.31 Å². The third-order valence-electron chi connectivity index (χ3n) is 3.79. The Morgan fingerprint density at radius 3 is 2.48 bits per heavy atom. The molecule has 1 heterocycles. The van der Waals surface area contributed by atoms with Crippen molar-refractivity contribution >= 4 is 47.9 Å². The van der Waals surface area contributed by atoms with Crippen molar-refractivity contribution in [2.45, 2.75) is 25.2 Å². The number of carboxylic acids is 1. The molecule has 1 aliphatic heterocycles. The maximum absolute atomic E-state index is 12.7. The van der Waals surface area contributed by atoms with E-state index in [0.29, 0.717) is 15.4 Å². The minimum absolute atomic E-state index is 0.0113. The van der Waals surface area contributed by atoms with Crippen LogP contribution < -0.4 is 0 Å². The first-order valence-corrected chi connectivity index (χ1v) is 9.30. The first-order valence-electron chi connectivity index (χ1n) is 6.27. The van der Waals surface area contributed by atoms with E-state index in [1.807, 2.05) is 6.92 Å². The fraction of sp³-hybridized carbons (Fsp3) is 0.462. The van der Waals surface area contributed by atoms with Crippen LogP contribution in [0.1, 0.15) is 18.9 Å². The van der Waals surface area contributed by atoms with Gasteiger partial charge in [0.15, 0.2) is 0 Å². The lowest BCUT2D eigenvalue weighted by atomic mass is 9.90. The average molecular weight is 441 g/mol. The highest BCUT2D eigenvalue weighted by atomic mass is 79.9. The molecule has 8 heteroatoms. The summed E-state index contributed by atoms with van der Waals surface area (Å²) in [4.78, 5) is 11.4. The zero-order valence-corrected chi connectivity index (χ0v) is 15.5. The summed E-state index contributed by atoms with van der Waals surface area (Å²) in [6.45, 7) is 3.64. The summed E-state index contributed by atoms with van der Waals surface area (Å²) >= 11 is 6.61. The molecule has 1 atom stereocenters. The van der Waals surface area contributed by atoms with Crippen molar-refractivity contribution in [2.24, 2.45) is 5.41 Å². The molecule has 1 aliphatic rings. The summed E-state index contributed by atoms with van der Waals surface area (Å²) in [5.41, 5.74) is -0.112. The van der Waals surface area contributed by atoms with Gasteiger partial charge in [-0.1, -0.05) is 15.9 Å². The minimum Gasteiger partial charge on any atom is -0.481 e. The predicted octanol–water partition coefficient (Wildman–Crippen LogP) is 3.01. The Balaban J connectivity index is 2.41. The van der Waals surface area contributed by atoms with E-state index in [1.165, 1.54) is 4.31 Å². The van der Waals surface area contributed by atoms with Crippen molar-refractivity contribution in [1.82, 2.24) is 4.31 Å². The molecule has 0 aliphatic carbocycles. The van der Waals surface area contributed by atoms with E-state index in [1.54, 1.807) is 19.1 Å². The van der Waals surface area contributed by atoms with Crippen molar-refractivity contribution in [1.29, 1.82) is 0 Å². The lowest BCUT2D eigenvalue weighted by Gasteiger charge is -2.21. The molecule has 1 aromatic carbocycles. The monoisotopic (exact) mass is 439 g/mol. The third kappa shape index (κ3) is 3.04. The van der Waals surface area contributed by atoms with E-state index in [-0.39, 0.29) is 18.0 Å². The van der Waals surface area contributed by atoms with Crippen molar-refractivity contribution in [3.05, 3.63) is 26.6 Å². The van der Waals surface area contributed by atoms with Crippen molar-refractivity contribution in [3.8, 4) is 0 Å². The van der Waals surface area contributed by atoms with Gasteiger partial charge in [0.25, 0.3) is 0 Å². The highest BCUT2D eigenvalue weighted by Crippen LogP contribution is 2.36. The first-order chi connectivity index (χ1) is 9.58. The van der Waals surface area contributed by atoms with Crippen LogP contribution in [0.2, 0.25) is 0 Å². The molecule has 116 valence electrons. The van der Waals surface area contributed by atoms with E-state index in [0.717, 1.165) is 5.56 Å². The van der Waals surface area contributed by atoms with Crippen LogP contribution in [0.3, 0.4) is 0 Å². The van der Waals surface area contributed by atoms with Crippen LogP contribution in [0.15, 0.2) is 26.0 Å². The Morgan fingerprint density at radius 1 is 1.33 bits per heavy atom. The molecule has 0 spiro atoms. The summed E-state index contributed by atoms with van der Waals surface area (Å²) in [6.07, 6.45) is 0.312. The highest BCUT2D eigenvalue weighted by molar-refractivity contribution is 9.11. The Kier molecular flexibility index (Phi) is 4.55. The zero-order chi connectivity index (χ0) is 16.0. The first kappa shape index (κ1) is 16.9. The van der Waals surface area contributed by atoms with Crippen molar-refractivity contribution in [3.63, 3.8) is 0 Å². The van der Waals surface area contributed by atoms with E-state index < -0.39 is 21.4 Å². The van der Waals surface area contributed by atoms with Crippen LogP contribution in [0.25, 0.3) is 0 Å². The number of carboxylic acid groups (broad SMARTS) is 1. The Labute approximate surface area is 140 Å². The van der Waals surface area contributed by atoms with Gasteiger partial charge in [0.05, 0.1) is 10.3 Å². The van der Waals surface area contributed by atoms with Crippen LogP contribution in [-0.4, -0.2) is 36.9 Å². The average Bonchev–Trinajstić information content (AvgIpc) is 2.78. The van der Waals surface area contributed by atoms with Gasteiger partial charge in [0.1, 0.15) is 0 Å². The van der Waals surface area contributed by atoms with E-state index in [4.69, 9.17) is 0 Å². The van der Waals surface area contributed by atoms with Gasteiger partial charge in [-0.05, 0) is 53.9 Å². The minimum atomic E-state index is -3.72. The Bertz CT molecular complexity index is 704. The van der Waals surface area contributed by atoms with Gasteiger partial charge in [-0.3, -0.25) is 4.79 Å². The van der Waals surface area contributed by atoms with Crippen LogP contribution in [0.4, 0.5) is 0 Å². The molecule has 0 amide bonds. The zero-order valence-electron chi connectivity index (χ0n) is 11.6. The molecular weight excluding hydrogens is 426 g/mol. The van der Waals surface area contributed by atoms with Gasteiger partial charge in [-0.15, -0.1) is 0 Å². The molecule has 0 aromatic heterocycles. The number of sulfonamides is 1. The maximum Gasteiger partial charge on any atom is 0.310 e. The lowest BCUT2D eigenvalue weighted by Crippen LogP contribution is -2.35. The van der Waals surface area contributed by atoms with Gasteiger partial charge < -0.3 is 5.11 Å². The molecule has 1 saturated heterocycles. The van der Waals surface area contributed by atoms with Gasteiger partial charge in [-0.25, -0.2) is 8.42 Å². The predicted molar refractivity (Wildman–Crippen MR) is 85.7 cm³/mol. The second-order valence-corrected chi connectivity index (χ2v) is 9.10. The SMILES string of the molecule is Cc1cc(Br)c(S(=O)(=O)N2CCC(C)(C(=O)O)C2)cc1Br. The van der Waals surface area contributed by atoms with Gasteiger partial charge >= 0.3 is 5.97 Å². The topological polar surface area (TPSA) is 74.7 Å². The summed E-state index contributed by atoms with van der Waals surface area (Å²) in [5, 5.41) is 9.22. The van der Waals surface area contributed by atoms with E-state index >= 15 is 0 Å². The number of hydrogen-bond donors (Lipinski definition) is 1. The second kappa shape index (κ2) is 5.64. The van der Waals surface area contributed by atoms with Crippen LogP contribution in [0, 0.1) is 12.3 Å². The van der Waals surface area contributed by atoms with Crippen LogP contribution in [-0.2, 0) is 14.8 Å². The molecule has 5 nitrogen and oxygen atoms in total. The lowest BCUT2D eigenvalue weighted by molar-refractivity contribution is -0.146. The maximum atomic E-state index is 12.7. The molecule has 1 N–H and O–H groups in total. The van der Waals surface area contributed by atoms with E-state index in [2.05, 4.69) is 31.9 Å². The summed E-state index contributed by atoms with van der Waals surface area (Å²) < 4.78 is 27.8. The number of hydrogen-bond acceptors (Lipinski definition) is 3. The molecular formula is C13H15Br2NO4S. The Hall–Kier alpha value is -0.440. The summed E-state index contributed by atoms with van der Waals surface area (Å²) in [5.74, 6) is -0.968. The molecule has 0 bridgehead atoms. The molecule has 0 saturated carbocycles. The molecule has 1 unspecified atom stereocenters. The molecule has 1 aromatic rings. The number of halogens is 2. The van der Waals surface area contributed by atoms with Crippen LogP contribution in [0.5, 0.6) is 0 Å². The quantitative estimate of drug-likeness (QED) is 0.783. The molecule has 21 heavy (non-hydrogen) atoms. The number of rotatable bonds is 3. The molecule has 2 rings (SSSR count). The molecule has 1 fully saturated rings. The highest BCUT2D eigenvalue weighted by Gasteiger charge is 2.45. The third-order valence-corrected chi connectivity index (χ3v) is 7.44. The molecule has 0 radical (unpaired) electrons. The fourth-order valence-electron chi connectivity index (χ4n) is 2.26. The van der Waals surface area contributed by atoms with E-state index in [9.17, 15) is 18.3 Å². The number of nitrogens with zero attached hydrogens (tertiary/aromatic N) is 1. The van der Waals surface area contributed by atoms with Gasteiger partial charge in [0, 0.05) is 22.0 Å². The number of aliphatic carboxylic acids is 1. The van der Waals surface area contributed by atoms with Crippen molar-refractivity contribution < 1.29 is 18.3 Å². The normalized spacial score (nSPS) is 23.4. The number of carbonyl (C=O) groups is 1.